The summed E-state index contributed by atoms with van der Waals surface area (Å²) < 4.78 is 5.82. The Hall–Kier alpha value is -1.02. The molecule has 2 nitrogen and oxygen atoms in total. The fourth-order valence-electron chi connectivity index (χ4n) is 2.22. The summed E-state index contributed by atoms with van der Waals surface area (Å²) in [5, 5.41) is 3.39. The monoisotopic (exact) mass is 219 g/mol. The number of aryl methyl sites for hydroxylation is 1. The van der Waals surface area contributed by atoms with Crippen molar-refractivity contribution >= 4 is 0 Å². The second-order valence-electron chi connectivity index (χ2n) is 4.60. The zero-order chi connectivity index (χ0) is 11.2. The molecule has 1 N–H and O–H groups in total. The van der Waals surface area contributed by atoms with Crippen molar-refractivity contribution in [3.05, 3.63) is 29.8 Å². The zero-order valence-electron chi connectivity index (χ0n) is 10.0. The van der Waals surface area contributed by atoms with Gasteiger partial charge in [0.2, 0.25) is 0 Å². The molecule has 16 heavy (non-hydrogen) atoms. The second kappa shape index (κ2) is 5.90. The van der Waals surface area contributed by atoms with Crippen LogP contribution < -0.4 is 10.1 Å². The predicted octanol–water partition coefficient (Wildman–Crippen LogP) is 2.76. The fourth-order valence-corrected chi connectivity index (χ4v) is 2.22. The van der Waals surface area contributed by atoms with Gasteiger partial charge >= 0.3 is 0 Å². The first-order valence-electron chi connectivity index (χ1n) is 6.25. The van der Waals surface area contributed by atoms with Crippen molar-refractivity contribution in [2.75, 3.05) is 19.7 Å². The highest BCUT2D eigenvalue weighted by Gasteiger charge is 2.12. The molecule has 2 rings (SSSR count). The standard InChI is InChI=1S/C14H21NO/c1-12-4-2-3-5-14(12)16-11-8-13-6-9-15-10-7-13/h2-5,13,15H,6-11H2,1H3. The van der Waals surface area contributed by atoms with Crippen molar-refractivity contribution in [1.82, 2.24) is 5.32 Å². The van der Waals surface area contributed by atoms with Crippen LogP contribution >= 0.6 is 0 Å². The molecule has 1 fully saturated rings. The molecule has 2 heteroatoms. The van der Waals surface area contributed by atoms with Gasteiger partial charge in [0.1, 0.15) is 5.75 Å². The SMILES string of the molecule is Cc1ccccc1OCCC1CCNCC1. The van der Waals surface area contributed by atoms with Gasteiger partial charge < -0.3 is 10.1 Å². The molecule has 1 aromatic carbocycles. The van der Waals surface area contributed by atoms with E-state index in [0.29, 0.717) is 0 Å². The lowest BCUT2D eigenvalue weighted by molar-refractivity contribution is 0.251. The van der Waals surface area contributed by atoms with Crippen molar-refractivity contribution < 1.29 is 4.74 Å². The molecule has 1 heterocycles. The van der Waals surface area contributed by atoms with E-state index in [4.69, 9.17) is 4.74 Å². The third-order valence-electron chi connectivity index (χ3n) is 3.34. The molecule has 88 valence electrons. The smallest absolute Gasteiger partial charge is 0.122 e. The molecule has 0 radical (unpaired) electrons. The van der Waals surface area contributed by atoms with Gasteiger partial charge in [0, 0.05) is 0 Å². The number of rotatable bonds is 4. The third-order valence-corrected chi connectivity index (χ3v) is 3.34. The summed E-state index contributed by atoms with van der Waals surface area (Å²) >= 11 is 0. The molecule has 0 saturated carbocycles. The van der Waals surface area contributed by atoms with E-state index in [9.17, 15) is 0 Å². The van der Waals surface area contributed by atoms with Crippen molar-refractivity contribution in [1.29, 1.82) is 0 Å². The summed E-state index contributed by atoms with van der Waals surface area (Å²) in [4.78, 5) is 0. The minimum Gasteiger partial charge on any atom is -0.493 e. The summed E-state index contributed by atoms with van der Waals surface area (Å²) in [6.07, 6.45) is 3.80. The van der Waals surface area contributed by atoms with Crippen LogP contribution in [-0.2, 0) is 0 Å². The fraction of sp³-hybridized carbons (Fsp3) is 0.571. The van der Waals surface area contributed by atoms with Crippen LogP contribution in [0.4, 0.5) is 0 Å². The molecular formula is C14H21NO. The molecule has 1 aromatic rings. The molecule has 0 unspecified atom stereocenters. The summed E-state index contributed by atoms with van der Waals surface area (Å²) in [5.41, 5.74) is 1.23. The first kappa shape index (κ1) is 11.5. The lowest BCUT2D eigenvalue weighted by atomic mass is 9.95. The van der Waals surface area contributed by atoms with Gasteiger partial charge in [-0.25, -0.2) is 0 Å². The first-order chi connectivity index (χ1) is 7.86. The van der Waals surface area contributed by atoms with Crippen LogP contribution in [0.3, 0.4) is 0 Å². The Morgan fingerprint density at radius 1 is 1.25 bits per heavy atom. The summed E-state index contributed by atoms with van der Waals surface area (Å²) in [6.45, 7) is 5.31. The third kappa shape index (κ3) is 3.24. The Morgan fingerprint density at radius 3 is 2.75 bits per heavy atom. The lowest BCUT2D eigenvalue weighted by Crippen LogP contribution is -2.28. The van der Waals surface area contributed by atoms with E-state index in [1.807, 2.05) is 6.07 Å². The van der Waals surface area contributed by atoms with Crippen molar-refractivity contribution in [3.63, 3.8) is 0 Å². The highest BCUT2D eigenvalue weighted by molar-refractivity contribution is 5.31. The van der Waals surface area contributed by atoms with Crippen LogP contribution in [0.25, 0.3) is 0 Å². The highest BCUT2D eigenvalue weighted by atomic mass is 16.5. The number of ether oxygens (including phenoxy) is 1. The molecule has 0 bridgehead atoms. The van der Waals surface area contributed by atoms with E-state index in [1.54, 1.807) is 0 Å². The van der Waals surface area contributed by atoms with E-state index >= 15 is 0 Å². The molecule has 1 aliphatic heterocycles. The van der Waals surface area contributed by atoms with Gasteiger partial charge in [-0.1, -0.05) is 18.2 Å². The Kier molecular flexibility index (Phi) is 4.23. The minimum atomic E-state index is 0.852. The van der Waals surface area contributed by atoms with E-state index in [0.717, 1.165) is 18.3 Å². The van der Waals surface area contributed by atoms with Crippen molar-refractivity contribution in [2.24, 2.45) is 5.92 Å². The van der Waals surface area contributed by atoms with Crippen molar-refractivity contribution in [3.8, 4) is 5.75 Å². The Labute approximate surface area is 98.0 Å². The van der Waals surface area contributed by atoms with E-state index in [-0.39, 0.29) is 0 Å². The summed E-state index contributed by atoms with van der Waals surface area (Å²) in [6, 6.07) is 8.24. The maximum absolute atomic E-state index is 5.82. The molecule has 0 spiro atoms. The van der Waals surface area contributed by atoms with Crippen LogP contribution in [0.2, 0.25) is 0 Å². The number of piperidine rings is 1. The molecule has 1 aliphatic rings. The summed E-state index contributed by atoms with van der Waals surface area (Å²) in [5.74, 6) is 1.89. The van der Waals surface area contributed by atoms with Gasteiger partial charge in [0.25, 0.3) is 0 Å². The number of hydrogen-bond acceptors (Lipinski definition) is 2. The quantitative estimate of drug-likeness (QED) is 0.840. The van der Waals surface area contributed by atoms with Crippen LogP contribution in [0.15, 0.2) is 24.3 Å². The average molecular weight is 219 g/mol. The molecule has 0 aliphatic carbocycles. The molecule has 0 amide bonds. The normalized spacial score (nSPS) is 17.3. The van der Waals surface area contributed by atoms with Gasteiger partial charge in [-0.3, -0.25) is 0 Å². The van der Waals surface area contributed by atoms with Gasteiger partial charge in [-0.05, 0) is 56.8 Å². The van der Waals surface area contributed by atoms with E-state index in [2.05, 4.69) is 30.4 Å². The van der Waals surface area contributed by atoms with E-state index < -0.39 is 0 Å². The lowest BCUT2D eigenvalue weighted by Gasteiger charge is -2.22. The van der Waals surface area contributed by atoms with Crippen LogP contribution in [0, 0.1) is 12.8 Å². The number of para-hydroxylation sites is 1. The average Bonchev–Trinajstić information content (AvgIpc) is 2.33. The Balaban J connectivity index is 1.73. The predicted molar refractivity (Wildman–Crippen MR) is 66.9 cm³/mol. The minimum absolute atomic E-state index is 0.852. The van der Waals surface area contributed by atoms with Gasteiger partial charge in [-0.2, -0.15) is 0 Å². The number of benzene rings is 1. The second-order valence-corrected chi connectivity index (χ2v) is 4.60. The highest BCUT2D eigenvalue weighted by Crippen LogP contribution is 2.19. The van der Waals surface area contributed by atoms with Gasteiger partial charge in [-0.15, -0.1) is 0 Å². The number of nitrogens with one attached hydrogen (secondary N) is 1. The van der Waals surface area contributed by atoms with Crippen LogP contribution in [0.1, 0.15) is 24.8 Å². The van der Waals surface area contributed by atoms with Gasteiger partial charge in [0.15, 0.2) is 0 Å². The van der Waals surface area contributed by atoms with Crippen molar-refractivity contribution in [2.45, 2.75) is 26.2 Å². The molecule has 0 aromatic heterocycles. The van der Waals surface area contributed by atoms with Crippen LogP contribution in [-0.4, -0.2) is 19.7 Å². The maximum atomic E-state index is 5.82. The van der Waals surface area contributed by atoms with Crippen LogP contribution in [0.5, 0.6) is 5.75 Å². The molecular weight excluding hydrogens is 198 g/mol. The summed E-state index contributed by atoms with van der Waals surface area (Å²) in [7, 11) is 0. The number of hydrogen-bond donors (Lipinski definition) is 1. The Morgan fingerprint density at radius 2 is 2.00 bits per heavy atom. The largest absolute Gasteiger partial charge is 0.493 e. The molecule has 0 atom stereocenters. The Bertz CT molecular complexity index is 318. The topological polar surface area (TPSA) is 21.3 Å². The zero-order valence-corrected chi connectivity index (χ0v) is 10.0. The van der Waals surface area contributed by atoms with Gasteiger partial charge in [0.05, 0.1) is 6.61 Å². The molecule has 1 saturated heterocycles. The maximum Gasteiger partial charge on any atom is 0.122 e. The van der Waals surface area contributed by atoms with E-state index in [1.165, 1.54) is 37.9 Å². The first-order valence-corrected chi connectivity index (χ1v) is 6.25.